The van der Waals surface area contributed by atoms with Gasteiger partial charge >= 0.3 is 0 Å². The summed E-state index contributed by atoms with van der Waals surface area (Å²) >= 11 is 0. The number of benzene rings is 1. The minimum atomic E-state index is -0.951. The first-order chi connectivity index (χ1) is 15.6. The predicted molar refractivity (Wildman–Crippen MR) is 132 cm³/mol. The zero-order valence-corrected chi connectivity index (χ0v) is 20.5. The lowest BCUT2D eigenvalue weighted by Crippen LogP contribution is -2.53. The fourth-order valence-electron chi connectivity index (χ4n) is 4.54. The van der Waals surface area contributed by atoms with Crippen molar-refractivity contribution in [1.82, 2.24) is 20.2 Å². The molecule has 1 atom stereocenters. The van der Waals surface area contributed by atoms with Crippen LogP contribution < -0.4 is 9.80 Å². The minimum Gasteiger partial charge on any atom is -0.386 e. The van der Waals surface area contributed by atoms with Crippen molar-refractivity contribution in [1.29, 1.82) is 0 Å². The van der Waals surface area contributed by atoms with Crippen molar-refractivity contribution in [3.8, 4) is 0 Å². The number of hydrogen-bond acceptors (Lipinski definition) is 7. The summed E-state index contributed by atoms with van der Waals surface area (Å²) in [4.78, 5) is 13.8. The molecule has 3 aromatic rings. The second-order valence-electron chi connectivity index (χ2n) is 9.60. The molecule has 0 amide bonds. The molecule has 1 aromatic carbocycles. The van der Waals surface area contributed by atoms with Gasteiger partial charge in [-0.3, -0.25) is 0 Å². The van der Waals surface area contributed by atoms with Crippen LogP contribution in [0.25, 0.3) is 0 Å². The van der Waals surface area contributed by atoms with Crippen LogP contribution in [0.15, 0.2) is 36.5 Å². The average molecular weight is 447 g/mol. The van der Waals surface area contributed by atoms with Crippen molar-refractivity contribution in [2.75, 3.05) is 29.4 Å². The van der Waals surface area contributed by atoms with Gasteiger partial charge in [0, 0.05) is 49.6 Å². The first-order valence-corrected chi connectivity index (χ1v) is 11.6. The van der Waals surface area contributed by atoms with Crippen LogP contribution >= 0.6 is 0 Å². The maximum atomic E-state index is 10.3. The van der Waals surface area contributed by atoms with E-state index in [9.17, 15) is 5.11 Å². The third-order valence-electron chi connectivity index (χ3n) is 6.62. The molecule has 0 bridgehead atoms. The Kier molecular flexibility index (Phi) is 6.34. The molecule has 7 nitrogen and oxygen atoms in total. The molecular weight excluding hydrogens is 412 g/mol. The Morgan fingerprint density at radius 1 is 1.03 bits per heavy atom. The van der Waals surface area contributed by atoms with Gasteiger partial charge in [0.2, 0.25) is 5.95 Å². The van der Waals surface area contributed by atoms with Crippen molar-refractivity contribution in [3.63, 3.8) is 0 Å². The molecule has 4 rings (SSSR count). The Morgan fingerprint density at radius 3 is 2.39 bits per heavy atom. The maximum absolute atomic E-state index is 10.3. The van der Waals surface area contributed by atoms with E-state index in [1.807, 2.05) is 13.0 Å². The fourth-order valence-corrected chi connectivity index (χ4v) is 4.54. The molecule has 1 aliphatic rings. The van der Waals surface area contributed by atoms with Gasteiger partial charge in [-0.25, -0.2) is 9.97 Å². The number of piperazine rings is 1. The number of nitrogens with zero attached hydrogens (tertiary/aromatic N) is 6. The summed E-state index contributed by atoms with van der Waals surface area (Å²) in [6, 6.07) is 10.6. The lowest BCUT2D eigenvalue weighted by Gasteiger charge is -2.41. The topological polar surface area (TPSA) is 78.3 Å². The van der Waals surface area contributed by atoms with Gasteiger partial charge in [0.25, 0.3) is 0 Å². The highest BCUT2D eigenvalue weighted by atomic mass is 16.3. The molecular formula is C26H34N6O. The first kappa shape index (κ1) is 23.1. The van der Waals surface area contributed by atoms with E-state index in [2.05, 4.69) is 70.0 Å². The van der Waals surface area contributed by atoms with Crippen LogP contribution in [0.5, 0.6) is 0 Å². The largest absolute Gasteiger partial charge is 0.386 e. The average Bonchev–Trinajstić information content (AvgIpc) is 2.77. The molecule has 1 N–H and O–H groups in total. The molecule has 0 radical (unpaired) electrons. The number of aliphatic hydroxyl groups is 1. The van der Waals surface area contributed by atoms with Crippen molar-refractivity contribution >= 4 is 11.8 Å². The standard InChI is InChI=1S/C26H34N6O/c1-17-16-31(12-13-32(17)25-27-15-22(20(4)28-25)26(5,6)33)24-19(3)18(2)23(29-30-24)14-21-10-8-7-9-11-21/h7-11,15,17,33H,12-14,16H2,1-6H3/t17-/m1/s1. The van der Waals surface area contributed by atoms with Gasteiger partial charge in [-0.2, -0.15) is 5.10 Å². The molecule has 7 heteroatoms. The first-order valence-electron chi connectivity index (χ1n) is 11.6. The fraction of sp³-hybridized carbons (Fsp3) is 0.462. The number of anilines is 2. The van der Waals surface area contributed by atoms with Crippen LogP contribution in [0.4, 0.5) is 11.8 Å². The molecule has 3 heterocycles. The van der Waals surface area contributed by atoms with E-state index in [4.69, 9.17) is 4.98 Å². The van der Waals surface area contributed by atoms with Gasteiger partial charge in [-0.1, -0.05) is 30.3 Å². The van der Waals surface area contributed by atoms with Gasteiger partial charge in [-0.05, 0) is 58.2 Å². The van der Waals surface area contributed by atoms with Crippen molar-refractivity contribution in [3.05, 3.63) is 70.2 Å². The molecule has 1 aliphatic heterocycles. The number of hydrogen-bond donors (Lipinski definition) is 1. The smallest absolute Gasteiger partial charge is 0.225 e. The van der Waals surface area contributed by atoms with Gasteiger partial charge in [0.15, 0.2) is 5.82 Å². The van der Waals surface area contributed by atoms with Crippen LogP contribution in [0.3, 0.4) is 0 Å². The van der Waals surface area contributed by atoms with Crippen LogP contribution in [0.1, 0.15) is 54.4 Å². The Bertz CT molecular complexity index is 1130. The molecule has 33 heavy (non-hydrogen) atoms. The Morgan fingerprint density at radius 2 is 1.76 bits per heavy atom. The molecule has 0 saturated carbocycles. The predicted octanol–water partition coefficient (Wildman–Crippen LogP) is 3.73. The quantitative estimate of drug-likeness (QED) is 0.640. The lowest BCUT2D eigenvalue weighted by molar-refractivity contribution is 0.0771. The van der Waals surface area contributed by atoms with E-state index >= 15 is 0 Å². The van der Waals surface area contributed by atoms with Crippen molar-refractivity contribution in [2.45, 2.75) is 59.6 Å². The molecule has 2 aromatic heterocycles. The second kappa shape index (κ2) is 9.06. The Hall–Kier alpha value is -3.06. The number of aromatic nitrogens is 4. The summed E-state index contributed by atoms with van der Waals surface area (Å²) in [5.74, 6) is 1.68. The normalized spacial score (nSPS) is 16.9. The zero-order chi connectivity index (χ0) is 23.8. The minimum absolute atomic E-state index is 0.219. The Balaban J connectivity index is 1.50. The summed E-state index contributed by atoms with van der Waals surface area (Å²) in [5.41, 5.74) is 5.30. The molecule has 1 fully saturated rings. The van der Waals surface area contributed by atoms with Gasteiger partial charge < -0.3 is 14.9 Å². The van der Waals surface area contributed by atoms with E-state index in [-0.39, 0.29) is 6.04 Å². The van der Waals surface area contributed by atoms with Crippen LogP contribution in [0, 0.1) is 20.8 Å². The molecule has 0 aliphatic carbocycles. The van der Waals surface area contributed by atoms with Crippen LogP contribution in [-0.2, 0) is 12.0 Å². The zero-order valence-electron chi connectivity index (χ0n) is 20.5. The van der Waals surface area contributed by atoms with Gasteiger partial charge in [0.05, 0.1) is 11.3 Å². The summed E-state index contributed by atoms with van der Waals surface area (Å²) in [6.07, 6.45) is 2.55. The third-order valence-corrected chi connectivity index (χ3v) is 6.62. The summed E-state index contributed by atoms with van der Waals surface area (Å²) in [5, 5.41) is 19.6. The Labute approximate surface area is 196 Å². The van der Waals surface area contributed by atoms with Crippen LogP contribution in [-0.4, -0.2) is 50.9 Å². The van der Waals surface area contributed by atoms with Crippen molar-refractivity contribution < 1.29 is 5.11 Å². The second-order valence-corrected chi connectivity index (χ2v) is 9.60. The molecule has 0 spiro atoms. The molecule has 174 valence electrons. The van der Waals surface area contributed by atoms with Gasteiger partial charge in [-0.15, -0.1) is 5.10 Å². The van der Waals surface area contributed by atoms with E-state index < -0.39 is 5.60 Å². The highest BCUT2D eigenvalue weighted by molar-refractivity contribution is 5.52. The van der Waals surface area contributed by atoms with Crippen LogP contribution in [0.2, 0.25) is 0 Å². The SMILES string of the molecule is Cc1nc(N2CCN(c3nnc(Cc4ccccc4)c(C)c3C)C[C@H]2C)ncc1C(C)(C)O. The number of rotatable bonds is 5. The third kappa shape index (κ3) is 4.83. The van der Waals surface area contributed by atoms with E-state index in [1.165, 1.54) is 16.7 Å². The van der Waals surface area contributed by atoms with Crippen molar-refractivity contribution in [2.24, 2.45) is 0 Å². The highest BCUT2D eigenvalue weighted by Crippen LogP contribution is 2.28. The lowest BCUT2D eigenvalue weighted by atomic mass is 9.99. The summed E-state index contributed by atoms with van der Waals surface area (Å²) in [6.45, 7) is 14.4. The molecule has 0 unspecified atom stereocenters. The van der Waals surface area contributed by atoms with E-state index in [0.29, 0.717) is 5.95 Å². The molecule has 1 saturated heterocycles. The summed E-state index contributed by atoms with van der Waals surface area (Å²) in [7, 11) is 0. The number of aryl methyl sites for hydroxylation is 1. The van der Waals surface area contributed by atoms with E-state index in [1.54, 1.807) is 20.0 Å². The summed E-state index contributed by atoms with van der Waals surface area (Å²) < 4.78 is 0. The maximum Gasteiger partial charge on any atom is 0.225 e. The van der Waals surface area contributed by atoms with Gasteiger partial charge in [0.1, 0.15) is 0 Å². The highest BCUT2D eigenvalue weighted by Gasteiger charge is 2.29. The van der Waals surface area contributed by atoms with E-state index in [0.717, 1.165) is 48.8 Å². The monoisotopic (exact) mass is 446 g/mol.